The van der Waals surface area contributed by atoms with Crippen LogP contribution in [0, 0.1) is 5.92 Å². The van der Waals surface area contributed by atoms with Crippen LogP contribution in [0.15, 0.2) is 36.4 Å². The summed E-state index contributed by atoms with van der Waals surface area (Å²) in [7, 11) is 0. The Morgan fingerprint density at radius 1 is 1.00 bits per heavy atom. The Labute approximate surface area is 141 Å². The van der Waals surface area contributed by atoms with Gasteiger partial charge in [0.15, 0.2) is 0 Å². The highest BCUT2D eigenvalue weighted by Crippen LogP contribution is 2.27. The van der Waals surface area contributed by atoms with Gasteiger partial charge >= 0.3 is 0 Å². The molecule has 126 valence electrons. The third kappa shape index (κ3) is 3.26. The van der Waals surface area contributed by atoms with Gasteiger partial charge in [0.1, 0.15) is 0 Å². The Morgan fingerprint density at radius 3 is 2.21 bits per heavy atom. The van der Waals surface area contributed by atoms with Gasteiger partial charge in [0.05, 0.1) is 6.04 Å². The van der Waals surface area contributed by atoms with Gasteiger partial charge in [0, 0.05) is 11.1 Å². The van der Waals surface area contributed by atoms with Crippen LogP contribution in [0.3, 0.4) is 0 Å². The topological polar surface area (TPSA) is 83.6 Å². The molecule has 3 rings (SSSR count). The molecule has 0 spiro atoms. The van der Waals surface area contributed by atoms with Gasteiger partial charge in [0.2, 0.25) is 5.91 Å². The van der Waals surface area contributed by atoms with Crippen molar-refractivity contribution in [3.8, 4) is 0 Å². The lowest BCUT2D eigenvalue weighted by atomic mass is 9.87. The molecular formula is C19H22N2O3. The first-order chi connectivity index (χ1) is 11.5. The summed E-state index contributed by atoms with van der Waals surface area (Å²) in [6.45, 7) is 2.19. The Balaban J connectivity index is 1.85. The summed E-state index contributed by atoms with van der Waals surface area (Å²) in [6, 6.07) is 10.2. The lowest BCUT2D eigenvalue weighted by Crippen LogP contribution is -2.39. The molecule has 2 amide bonds. The molecule has 5 nitrogen and oxygen atoms in total. The van der Waals surface area contributed by atoms with Crippen molar-refractivity contribution in [3.05, 3.63) is 47.5 Å². The number of carbonyl (C=O) groups excluding carboxylic acids is 2. The van der Waals surface area contributed by atoms with Crippen LogP contribution in [0.25, 0.3) is 10.8 Å². The van der Waals surface area contributed by atoms with E-state index in [1.54, 1.807) is 30.3 Å². The van der Waals surface area contributed by atoms with Gasteiger partial charge in [-0.25, -0.2) is 5.06 Å². The number of rotatable bonds is 3. The molecule has 0 unspecified atom stereocenters. The van der Waals surface area contributed by atoms with Crippen LogP contribution < -0.4 is 5.73 Å². The Kier molecular flexibility index (Phi) is 4.53. The van der Waals surface area contributed by atoms with Crippen molar-refractivity contribution in [1.29, 1.82) is 0 Å². The third-order valence-electron chi connectivity index (χ3n) is 4.91. The number of benzene rings is 2. The molecule has 3 N–H and O–H groups in total. The van der Waals surface area contributed by atoms with Crippen molar-refractivity contribution < 1.29 is 14.8 Å². The predicted octanol–water partition coefficient (Wildman–Crippen LogP) is 3.35. The minimum Gasteiger partial charge on any atom is -0.366 e. The monoisotopic (exact) mass is 326 g/mol. The number of hydroxylamine groups is 2. The molecule has 1 aliphatic rings. The lowest BCUT2D eigenvalue weighted by Gasteiger charge is -2.31. The van der Waals surface area contributed by atoms with Crippen LogP contribution in [0.1, 0.15) is 53.3 Å². The molecule has 0 aromatic heterocycles. The van der Waals surface area contributed by atoms with Crippen LogP contribution in [0.2, 0.25) is 0 Å². The highest BCUT2D eigenvalue weighted by atomic mass is 16.5. The summed E-state index contributed by atoms with van der Waals surface area (Å²) >= 11 is 0. The van der Waals surface area contributed by atoms with Crippen molar-refractivity contribution in [1.82, 2.24) is 5.06 Å². The molecule has 0 radical (unpaired) electrons. The molecule has 0 atom stereocenters. The van der Waals surface area contributed by atoms with Gasteiger partial charge in [-0.3, -0.25) is 14.8 Å². The molecule has 0 saturated heterocycles. The minimum absolute atomic E-state index is 0.124. The fourth-order valence-corrected chi connectivity index (χ4v) is 3.32. The lowest BCUT2D eigenvalue weighted by molar-refractivity contribution is -0.0987. The van der Waals surface area contributed by atoms with E-state index in [0.29, 0.717) is 17.0 Å². The Bertz CT molecular complexity index is 779. The molecule has 1 aliphatic carbocycles. The van der Waals surface area contributed by atoms with Crippen molar-refractivity contribution in [3.63, 3.8) is 0 Å². The summed E-state index contributed by atoms with van der Waals surface area (Å²) in [5.74, 6) is -0.257. The molecule has 0 aliphatic heterocycles. The number of carbonyl (C=O) groups is 2. The van der Waals surface area contributed by atoms with E-state index in [1.807, 2.05) is 6.07 Å². The molecular weight excluding hydrogens is 304 g/mol. The van der Waals surface area contributed by atoms with Gasteiger partial charge in [0.25, 0.3) is 5.91 Å². The molecule has 24 heavy (non-hydrogen) atoms. The number of hydrogen-bond donors (Lipinski definition) is 2. The van der Waals surface area contributed by atoms with Gasteiger partial charge in [-0.2, -0.15) is 0 Å². The van der Waals surface area contributed by atoms with E-state index >= 15 is 0 Å². The molecule has 2 aromatic rings. The average molecular weight is 326 g/mol. The number of amides is 2. The molecule has 1 fully saturated rings. The number of hydrogen-bond acceptors (Lipinski definition) is 3. The first-order valence-corrected chi connectivity index (χ1v) is 8.32. The van der Waals surface area contributed by atoms with Gasteiger partial charge < -0.3 is 5.73 Å². The van der Waals surface area contributed by atoms with Gasteiger partial charge in [-0.15, -0.1) is 0 Å². The van der Waals surface area contributed by atoms with Crippen molar-refractivity contribution in [2.24, 2.45) is 11.7 Å². The fraction of sp³-hybridized carbons (Fsp3) is 0.368. The smallest absolute Gasteiger partial charge is 0.277 e. The second-order valence-corrected chi connectivity index (χ2v) is 6.70. The van der Waals surface area contributed by atoms with E-state index < -0.39 is 11.8 Å². The van der Waals surface area contributed by atoms with Crippen molar-refractivity contribution >= 4 is 22.6 Å². The highest BCUT2D eigenvalue weighted by Gasteiger charge is 2.27. The maximum absolute atomic E-state index is 12.6. The van der Waals surface area contributed by atoms with Crippen LogP contribution in [0.5, 0.6) is 0 Å². The van der Waals surface area contributed by atoms with E-state index in [0.717, 1.165) is 41.5 Å². The number of fused-ring (bicyclic) bond motifs is 1. The predicted molar refractivity (Wildman–Crippen MR) is 91.8 cm³/mol. The second-order valence-electron chi connectivity index (χ2n) is 6.70. The van der Waals surface area contributed by atoms with Crippen LogP contribution in [-0.4, -0.2) is 28.1 Å². The Morgan fingerprint density at radius 2 is 1.58 bits per heavy atom. The molecule has 0 heterocycles. The zero-order valence-corrected chi connectivity index (χ0v) is 13.7. The van der Waals surface area contributed by atoms with E-state index in [-0.39, 0.29) is 6.04 Å². The van der Waals surface area contributed by atoms with Crippen LogP contribution in [-0.2, 0) is 0 Å². The summed E-state index contributed by atoms with van der Waals surface area (Å²) in [5, 5.41) is 12.8. The summed E-state index contributed by atoms with van der Waals surface area (Å²) < 4.78 is 0. The zero-order valence-electron chi connectivity index (χ0n) is 13.7. The van der Waals surface area contributed by atoms with Gasteiger partial charge in [-0.1, -0.05) is 19.1 Å². The van der Waals surface area contributed by atoms with E-state index in [9.17, 15) is 14.8 Å². The number of nitrogens with zero attached hydrogens (tertiary/aromatic N) is 1. The maximum Gasteiger partial charge on any atom is 0.277 e. The molecule has 2 aromatic carbocycles. The number of nitrogens with two attached hydrogens (primary N) is 1. The maximum atomic E-state index is 12.6. The second kappa shape index (κ2) is 6.61. The van der Waals surface area contributed by atoms with E-state index in [1.165, 1.54) is 0 Å². The van der Waals surface area contributed by atoms with Gasteiger partial charge in [-0.05, 0) is 66.6 Å². The molecule has 0 bridgehead atoms. The first kappa shape index (κ1) is 16.5. The van der Waals surface area contributed by atoms with E-state index in [2.05, 4.69) is 6.92 Å². The highest BCUT2D eigenvalue weighted by molar-refractivity contribution is 6.01. The first-order valence-electron chi connectivity index (χ1n) is 8.32. The van der Waals surface area contributed by atoms with Crippen molar-refractivity contribution in [2.45, 2.75) is 38.6 Å². The Hall–Kier alpha value is -2.40. The molecule has 5 heteroatoms. The zero-order chi connectivity index (χ0) is 17.3. The minimum atomic E-state index is -0.506. The molecule has 1 saturated carbocycles. The van der Waals surface area contributed by atoms with Crippen LogP contribution in [0.4, 0.5) is 0 Å². The summed E-state index contributed by atoms with van der Waals surface area (Å²) in [6.07, 6.45) is 3.69. The van der Waals surface area contributed by atoms with Crippen LogP contribution >= 0.6 is 0 Å². The van der Waals surface area contributed by atoms with Crippen molar-refractivity contribution in [2.75, 3.05) is 0 Å². The normalized spacial score (nSPS) is 20.8. The summed E-state index contributed by atoms with van der Waals surface area (Å²) in [4.78, 5) is 23.9. The third-order valence-corrected chi connectivity index (χ3v) is 4.91. The fourth-order valence-electron chi connectivity index (χ4n) is 3.32. The SMILES string of the molecule is CC1CCC(N(O)C(=O)c2ccc3ccc(C(N)=O)cc3c2)CC1. The standard InChI is InChI=1S/C19H22N2O3/c1-12-2-8-17(9-3-12)21(24)19(23)15-7-5-13-4-6-14(18(20)22)10-16(13)11-15/h4-7,10-12,17,24H,2-3,8-9H2,1H3,(H2,20,22). The largest absolute Gasteiger partial charge is 0.366 e. The van der Waals surface area contributed by atoms with E-state index in [4.69, 9.17) is 5.73 Å². The quantitative estimate of drug-likeness (QED) is 0.670. The summed E-state index contributed by atoms with van der Waals surface area (Å²) in [5.41, 5.74) is 6.11. The number of primary amides is 1. The average Bonchev–Trinajstić information content (AvgIpc) is 2.60.